The molecule has 0 spiro atoms. The molecule has 3 nitrogen and oxygen atoms in total. The summed E-state index contributed by atoms with van der Waals surface area (Å²) in [4.78, 5) is 10.7. The third-order valence-corrected chi connectivity index (χ3v) is 2.44. The van der Waals surface area contributed by atoms with Gasteiger partial charge in [-0.25, -0.2) is 4.79 Å². The average Bonchev–Trinajstić information content (AvgIpc) is 2.57. The smallest absolute Gasteiger partial charge is 0.434 e. The van der Waals surface area contributed by atoms with E-state index in [4.69, 9.17) is 4.74 Å². The van der Waals surface area contributed by atoms with Gasteiger partial charge in [0.25, 0.3) is 0 Å². The quantitative estimate of drug-likeness (QED) is 0.631. The van der Waals surface area contributed by atoms with Crippen LogP contribution in [0, 0.1) is 12.8 Å². The Bertz CT molecular complexity index is 150. The van der Waals surface area contributed by atoms with Crippen molar-refractivity contribution in [2.75, 3.05) is 13.2 Å². The zero-order valence-electron chi connectivity index (χ0n) is 7.96. The largest absolute Gasteiger partial charge is 0.508 e. The Labute approximate surface area is 79.4 Å². The summed E-state index contributed by atoms with van der Waals surface area (Å²) >= 11 is 0. The molecule has 0 heterocycles. The maximum Gasteiger partial charge on any atom is 0.508 e. The van der Waals surface area contributed by atoms with Crippen LogP contribution in [0.1, 0.15) is 32.1 Å². The monoisotopic (exact) mass is 185 g/mol. The number of carbonyl (C=O) groups is 1. The van der Waals surface area contributed by atoms with Gasteiger partial charge in [-0.15, -0.1) is 0 Å². The second-order valence-corrected chi connectivity index (χ2v) is 3.39. The Morgan fingerprint density at radius 3 is 2.62 bits per heavy atom. The number of hydrogen-bond acceptors (Lipinski definition) is 3. The van der Waals surface area contributed by atoms with Crippen LogP contribution >= 0.6 is 0 Å². The fourth-order valence-corrected chi connectivity index (χ4v) is 1.73. The van der Waals surface area contributed by atoms with Crippen LogP contribution in [0.5, 0.6) is 0 Å². The van der Waals surface area contributed by atoms with Gasteiger partial charge in [-0.05, 0) is 19.3 Å². The van der Waals surface area contributed by atoms with E-state index in [2.05, 4.69) is 11.7 Å². The summed E-state index contributed by atoms with van der Waals surface area (Å²) in [6, 6.07) is 0. The molecule has 0 unspecified atom stereocenters. The lowest BCUT2D eigenvalue weighted by molar-refractivity contribution is 0.0589. The fraction of sp³-hybridized carbons (Fsp3) is 0.800. The van der Waals surface area contributed by atoms with Crippen LogP contribution in [0.2, 0.25) is 0 Å². The van der Waals surface area contributed by atoms with Gasteiger partial charge in [0.15, 0.2) is 0 Å². The summed E-state index contributed by atoms with van der Waals surface area (Å²) in [5.74, 6) is 0.757. The van der Waals surface area contributed by atoms with Gasteiger partial charge in [-0.2, -0.15) is 0 Å². The molecule has 1 saturated carbocycles. The maximum atomic E-state index is 10.7. The first-order valence-electron chi connectivity index (χ1n) is 4.91. The fourth-order valence-electron chi connectivity index (χ4n) is 1.73. The van der Waals surface area contributed by atoms with Crippen molar-refractivity contribution in [2.45, 2.75) is 32.1 Å². The van der Waals surface area contributed by atoms with Gasteiger partial charge in [0.2, 0.25) is 0 Å². The van der Waals surface area contributed by atoms with Crippen LogP contribution in [-0.2, 0) is 9.47 Å². The van der Waals surface area contributed by atoms with E-state index in [0.717, 1.165) is 12.3 Å². The van der Waals surface area contributed by atoms with E-state index in [-0.39, 0.29) is 6.61 Å². The van der Waals surface area contributed by atoms with Crippen molar-refractivity contribution in [1.82, 2.24) is 0 Å². The third-order valence-electron chi connectivity index (χ3n) is 2.44. The lowest BCUT2D eigenvalue weighted by Gasteiger charge is -2.08. The predicted octanol–water partition coefficient (Wildman–Crippen LogP) is 2.55. The average molecular weight is 185 g/mol. The molecule has 0 saturated heterocycles. The lowest BCUT2D eigenvalue weighted by atomic mass is 10.1. The normalized spacial score (nSPS) is 17.3. The van der Waals surface area contributed by atoms with E-state index in [9.17, 15) is 4.79 Å². The van der Waals surface area contributed by atoms with Gasteiger partial charge in [0.1, 0.15) is 0 Å². The zero-order valence-corrected chi connectivity index (χ0v) is 7.96. The first-order chi connectivity index (χ1) is 6.33. The third kappa shape index (κ3) is 4.15. The van der Waals surface area contributed by atoms with Crippen LogP contribution < -0.4 is 0 Å². The molecule has 3 heteroatoms. The predicted molar refractivity (Wildman–Crippen MR) is 49.2 cm³/mol. The van der Waals surface area contributed by atoms with Gasteiger partial charge in [0, 0.05) is 0 Å². The van der Waals surface area contributed by atoms with Crippen LogP contribution in [0.4, 0.5) is 4.79 Å². The minimum Gasteiger partial charge on any atom is -0.434 e. The molecule has 75 valence electrons. The van der Waals surface area contributed by atoms with Gasteiger partial charge in [0.05, 0.1) is 13.2 Å². The van der Waals surface area contributed by atoms with E-state index in [0.29, 0.717) is 6.61 Å². The van der Waals surface area contributed by atoms with Crippen molar-refractivity contribution >= 4 is 6.16 Å². The molecule has 0 bridgehead atoms. The molecule has 1 aliphatic carbocycles. The van der Waals surface area contributed by atoms with Crippen molar-refractivity contribution in [1.29, 1.82) is 0 Å². The molecule has 1 radical (unpaired) electrons. The first kappa shape index (κ1) is 10.4. The first-order valence-corrected chi connectivity index (χ1v) is 4.91. The van der Waals surface area contributed by atoms with Crippen LogP contribution in [0.25, 0.3) is 0 Å². The minimum absolute atomic E-state index is 0.141. The minimum atomic E-state index is -0.590. The molecular weight excluding hydrogens is 168 g/mol. The topological polar surface area (TPSA) is 35.5 Å². The van der Waals surface area contributed by atoms with E-state index in [1.807, 2.05) is 0 Å². The van der Waals surface area contributed by atoms with E-state index in [1.165, 1.54) is 25.7 Å². The highest BCUT2D eigenvalue weighted by Gasteiger charge is 2.15. The molecule has 13 heavy (non-hydrogen) atoms. The van der Waals surface area contributed by atoms with Gasteiger partial charge in [-0.1, -0.05) is 25.7 Å². The Hall–Kier alpha value is -0.730. The van der Waals surface area contributed by atoms with Crippen molar-refractivity contribution < 1.29 is 14.3 Å². The molecule has 1 fully saturated rings. The van der Waals surface area contributed by atoms with Crippen molar-refractivity contribution in [3.8, 4) is 0 Å². The second-order valence-electron chi connectivity index (χ2n) is 3.39. The Balaban J connectivity index is 1.96. The van der Waals surface area contributed by atoms with Crippen molar-refractivity contribution in [3.63, 3.8) is 0 Å². The number of hydrogen-bond donors (Lipinski definition) is 0. The van der Waals surface area contributed by atoms with Crippen LogP contribution in [0.15, 0.2) is 0 Å². The highest BCUT2D eigenvalue weighted by Crippen LogP contribution is 2.27. The van der Waals surface area contributed by atoms with Gasteiger partial charge < -0.3 is 9.47 Å². The van der Waals surface area contributed by atoms with E-state index < -0.39 is 6.16 Å². The Kier molecular flexibility index (Phi) is 4.65. The Morgan fingerprint density at radius 1 is 1.31 bits per heavy atom. The highest BCUT2D eigenvalue weighted by atomic mass is 16.7. The molecule has 0 N–H and O–H groups in total. The van der Waals surface area contributed by atoms with E-state index >= 15 is 0 Å². The molecule has 0 atom stereocenters. The molecule has 1 aliphatic rings. The van der Waals surface area contributed by atoms with Crippen LogP contribution in [0.3, 0.4) is 0 Å². The lowest BCUT2D eigenvalue weighted by Crippen LogP contribution is -2.10. The van der Waals surface area contributed by atoms with Crippen molar-refractivity contribution in [2.24, 2.45) is 5.92 Å². The molecular formula is C10H17O3. The molecule has 1 rings (SSSR count). The summed E-state index contributed by atoms with van der Waals surface area (Å²) in [5.41, 5.74) is 0. The standard InChI is InChI=1S/C10H17O3/c1-2-12-10(11)13-8-7-9-5-3-4-6-9/h9H,1-8H2. The summed E-state index contributed by atoms with van der Waals surface area (Å²) < 4.78 is 9.38. The highest BCUT2D eigenvalue weighted by molar-refractivity contribution is 5.59. The number of ether oxygens (including phenoxy) is 2. The second kappa shape index (κ2) is 5.84. The Morgan fingerprint density at radius 2 is 2.00 bits per heavy atom. The van der Waals surface area contributed by atoms with E-state index in [1.54, 1.807) is 0 Å². The molecule has 0 aliphatic heterocycles. The zero-order chi connectivity index (χ0) is 9.52. The summed E-state index contributed by atoms with van der Waals surface area (Å²) in [6.45, 7) is 4.02. The van der Waals surface area contributed by atoms with Gasteiger partial charge >= 0.3 is 6.16 Å². The summed E-state index contributed by atoms with van der Waals surface area (Å²) in [7, 11) is 0. The molecule has 0 amide bonds. The maximum absolute atomic E-state index is 10.7. The summed E-state index contributed by atoms with van der Waals surface area (Å²) in [6.07, 6.45) is 5.61. The molecule has 0 aromatic heterocycles. The summed E-state index contributed by atoms with van der Waals surface area (Å²) in [5, 5.41) is 0. The number of rotatable bonds is 4. The van der Waals surface area contributed by atoms with Gasteiger partial charge in [-0.3, -0.25) is 0 Å². The van der Waals surface area contributed by atoms with Crippen LogP contribution in [-0.4, -0.2) is 19.4 Å². The van der Waals surface area contributed by atoms with Crippen molar-refractivity contribution in [3.05, 3.63) is 6.92 Å². The number of carbonyl (C=O) groups excluding carboxylic acids is 1. The molecule has 0 aromatic rings. The molecule has 0 aromatic carbocycles. The SMILES string of the molecule is [CH2]COC(=O)OCCC1CCCC1.